The van der Waals surface area contributed by atoms with Crippen molar-refractivity contribution in [3.8, 4) is 0 Å². The van der Waals surface area contributed by atoms with Crippen LogP contribution in [0.2, 0.25) is 40.2 Å². The van der Waals surface area contributed by atoms with E-state index < -0.39 is 29.3 Å². The number of Topliss-reactive ketones (excluding diaryl/α,β-unsaturated/α-hetero) is 2. The molecule has 3 aromatic carbocycles. The van der Waals surface area contributed by atoms with Gasteiger partial charge >= 0.3 is 0 Å². The SMILES string of the molecule is O=C1c2c(Cl)c(Cl)c([ClH+])c(Cl)c2C(=O)C1c1ccc2cccc(N3C(=O)c4c(Cl)c(Cl)c(Cl)c(Cl)c4C3=O)c2n1. The van der Waals surface area contributed by atoms with E-state index in [2.05, 4.69) is 4.98 Å². The van der Waals surface area contributed by atoms with E-state index in [9.17, 15) is 19.2 Å². The maximum atomic E-state index is 13.5. The normalized spacial score (nSPS) is 16.4. The van der Waals surface area contributed by atoms with Gasteiger partial charge in [-0.05, 0) is 12.1 Å². The maximum Gasteiger partial charge on any atom is 0.267 e. The van der Waals surface area contributed by atoms with Crippen LogP contribution in [-0.4, -0.2) is 28.4 Å². The number of aromatic nitrogens is 1. The van der Waals surface area contributed by atoms with Crippen LogP contribution in [0.15, 0.2) is 30.3 Å². The number of amides is 2. The average Bonchev–Trinajstić information content (AvgIpc) is 3.35. The minimum absolute atomic E-state index is 0.0269. The molecule has 0 N–H and O–H groups in total. The number of para-hydroxylation sites is 1. The molecule has 0 bridgehead atoms. The summed E-state index contributed by atoms with van der Waals surface area (Å²) in [5.41, 5.74) is -0.493. The zero-order chi connectivity index (χ0) is 28.9. The molecule has 0 spiro atoms. The van der Waals surface area contributed by atoms with Gasteiger partial charge in [-0.25, -0.2) is 9.88 Å². The molecule has 200 valence electrons. The number of pyridine rings is 1. The quantitative estimate of drug-likeness (QED) is 0.0910. The number of rotatable bonds is 2. The third-order valence-electron chi connectivity index (χ3n) is 6.66. The van der Waals surface area contributed by atoms with Crippen molar-refractivity contribution < 1.29 is 30.8 Å². The summed E-state index contributed by atoms with van der Waals surface area (Å²) in [6, 6.07) is 7.80. The number of imide groups is 1. The predicted molar refractivity (Wildman–Crippen MR) is 153 cm³/mol. The summed E-state index contributed by atoms with van der Waals surface area (Å²) in [4.78, 5) is 59.3. The molecule has 40 heavy (non-hydrogen) atoms. The Morgan fingerprint density at radius 2 is 1.15 bits per heavy atom. The first-order valence-electron chi connectivity index (χ1n) is 11.0. The Morgan fingerprint density at radius 1 is 0.625 bits per heavy atom. The molecule has 0 saturated heterocycles. The van der Waals surface area contributed by atoms with Crippen molar-refractivity contribution in [3.63, 3.8) is 0 Å². The van der Waals surface area contributed by atoms with Gasteiger partial charge in [0.1, 0.15) is 16.0 Å². The van der Waals surface area contributed by atoms with Gasteiger partial charge in [0.2, 0.25) is 0 Å². The zero-order valence-corrected chi connectivity index (χ0v) is 25.2. The molecular weight excluding hydrogens is 688 g/mol. The average molecular weight is 695 g/mol. The number of carbonyl (C=O) groups excluding carboxylic acids is 4. The monoisotopic (exact) mass is 691 g/mol. The van der Waals surface area contributed by atoms with Crippen molar-refractivity contribution in [1.82, 2.24) is 4.98 Å². The van der Waals surface area contributed by atoms with E-state index in [-0.39, 0.29) is 79.3 Å². The van der Waals surface area contributed by atoms with Crippen LogP contribution in [0, 0.1) is 11.6 Å². The highest BCUT2D eigenvalue weighted by Gasteiger charge is 2.47. The minimum Gasteiger partial charge on any atom is -0.293 e. The Kier molecular flexibility index (Phi) is 6.81. The summed E-state index contributed by atoms with van der Waals surface area (Å²) < 4.78 is 0. The van der Waals surface area contributed by atoms with Crippen molar-refractivity contribution in [2.24, 2.45) is 0 Å². The van der Waals surface area contributed by atoms with Gasteiger partial charge in [0.15, 0.2) is 23.2 Å². The summed E-state index contributed by atoms with van der Waals surface area (Å²) in [7, 11) is 0. The predicted octanol–water partition coefficient (Wildman–Crippen LogP) is 8.47. The Hall–Kier alpha value is -2.13. The van der Waals surface area contributed by atoms with Gasteiger partial charge in [0, 0.05) is 5.39 Å². The molecule has 2 amide bonds. The van der Waals surface area contributed by atoms with Crippen molar-refractivity contribution >= 4 is 121 Å². The second-order valence-corrected chi connectivity index (χ2v) is 11.8. The highest BCUT2D eigenvalue weighted by atomic mass is 35.5. The summed E-state index contributed by atoms with van der Waals surface area (Å²) in [5, 5.41) is -0.803. The maximum absolute atomic E-state index is 13.5. The van der Waals surface area contributed by atoms with Crippen LogP contribution in [-0.2, 0) is 0 Å². The molecule has 1 aliphatic heterocycles. The molecule has 0 saturated carbocycles. The zero-order valence-electron chi connectivity index (χ0n) is 19.0. The first-order chi connectivity index (χ1) is 18.9. The number of hydrogen-bond acceptors (Lipinski definition) is 5. The van der Waals surface area contributed by atoms with E-state index in [0.29, 0.717) is 5.39 Å². The number of ketones is 2. The summed E-state index contributed by atoms with van der Waals surface area (Å²) >= 11 is 48.7. The molecule has 14 heteroatoms. The van der Waals surface area contributed by atoms with Crippen LogP contribution in [0.1, 0.15) is 53.0 Å². The fourth-order valence-electron chi connectivity index (χ4n) is 4.83. The van der Waals surface area contributed by atoms with Crippen LogP contribution in [0.4, 0.5) is 5.69 Å². The molecule has 2 aliphatic rings. The van der Waals surface area contributed by atoms with Crippen molar-refractivity contribution in [3.05, 3.63) is 98.5 Å². The highest BCUT2D eigenvalue weighted by molar-refractivity contribution is 6.56. The molecular formula is C26H7Cl8N2O4+. The van der Waals surface area contributed by atoms with Gasteiger partial charge < -0.3 is 0 Å². The number of hydrogen-bond donors (Lipinski definition) is 0. The van der Waals surface area contributed by atoms with Crippen LogP contribution in [0.25, 0.3) is 10.9 Å². The lowest BCUT2D eigenvalue weighted by Crippen LogP contribution is -2.30. The van der Waals surface area contributed by atoms with E-state index in [1.54, 1.807) is 18.2 Å². The fourth-order valence-corrected chi connectivity index (χ4v) is 6.91. The first-order valence-corrected chi connectivity index (χ1v) is 14.0. The van der Waals surface area contributed by atoms with Crippen molar-refractivity contribution in [2.45, 2.75) is 5.92 Å². The molecule has 1 unspecified atom stereocenters. The number of anilines is 1. The molecule has 4 aromatic rings. The van der Waals surface area contributed by atoms with Crippen LogP contribution < -0.4 is 4.90 Å². The topological polar surface area (TPSA) is 84.4 Å². The van der Waals surface area contributed by atoms with Gasteiger partial charge in [-0.1, -0.05) is 99.4 Å². The van der Waals surface area contributed by atoms with Crippen molar-refractivity contribution in [2.75, 3.05) is 4.90 Å². The van der Waals surface area contributed by atoms with Crippen molar-refractivity contribution in [1.29, 1.82) is 0 Å². The lowest BCUT2D eigenvalue weighted by Gasteiger charge is -2.17. The standard InChI is InChI=1S/C26H7Cl8N2O4/c27-14-10-11(15(28)19(32)18(14)31)24(38)9(23(10)37)7-5-4-6-2-1-3-8(22(6)35-7)36-25(39)12-13(26(36)40)17(30)21(34)20(33)16(12)29/h1-5,9,31H/q+1. The Morgan fingerprint density at radius 3 is 1.73 bits per heavy atom. The minimum atomic E-state index is -1.42. The molecule has 0 fully saturated rings. The smallest absolute Gasteiger partial charge is 0.267 e. The van der Waals surface area contributed by atoms with E-state index >= 15 is 0 Å². The lowest BCUT2D eigenvalue weighted by atomic mass is 9.98. The second kappa shape index (κ2) is 9.72. The Balaban J connectivity index is 1.52. The van der Waals surface area contributed by atoms with Gasteiger partial charge in [0.25, 0.3) is 16.8 Å². The number of carbonyl (C=O) groups is 4. The Labute approximate surface area is 264 Å². The van der Waals surface area contributed by atoms with Crippen LogP contribution in [0.5, 0.6) is 0 Å². The number of halogens is 8. The summed E-state index contributed by atoms with van der Waals surface area (Å²) in [6.45, 7) is 0. The molecule has 0 radical (unpaired) electrons. The first kappa shape index (κ1) is 28.0. The molecule has 2 heterocycles. The lowest BCUT2D eigenvalue weighted by molar-refractivity contribution is -0.288. The molecule has 6 nitrogen and oxygen atoms in total. The third kappa shape index (κ3) is 3.68. The summed E-state index contributed by atoms with van der Waals surface area (Å²) in [6.07, 6.45) is 0. The fraction of sp³-hybridized carbons (Fsp3) is 0.0385. The summed E-state index contributed by atoms with van der Waals surface area (Å²) in [5.74, 6) is -4.37. The number of fused-ring (bicyclic) bond motifs is 3. The van der Waals surface area contributed by atoms with E-state index in [0.717, 1.165) is 4.90 Å². The van der Waals surface area contributed by atoms with Gasteiger partial charge in [0.05, 0.1) is 64.3 Å². The Bertz CT molecular complexity index is 1850. The van der Waals surface area contributed by atoms with Crippen LogP contribution in [0.3, 0.4) is 0 Å². The third-order valence-corrected chi connectivity index (χ3v) is 10.3. The molecule has 1 atom stereocenters. The van der Waals surface area contributed by atoms with Crippen LogP contribution >= 0.6 is 81.2 Å². The van der Waals surface area contributed by atoms with Gasteiger partial charge in [-0.3, -0.25) is 19.2 Å². The molecule has 6 rings (SSSR count). The van der Waals surface area contributed by atoms with Gasteiger partial charge in [-0.2, -0.15) is 0 Å². The second-order valence-electron chi connectivity index (χ2n) is 8.72. The highest BCUT2D eigenvalue weighted by Crippen LogP contribution is 2.48. The largest absolute Gasteiger partial charge is 0.293 e. The number of nitrogens with zero attached hydrogens (tertiary/aromatic N) is 2. The number of benzene rings is 3. The van der Waals surface area contributed by atoms with E-state index in [4.69, 9.17) is 92.8 Å². The van der Waals surface area contributed by atoms with E-state index in [1.807, 2.05) is 0 Å². The van der Waals surface area contributed by atoms with E-state index in [1.165, 1.54) is 12.1 Å². The molecule has 1 aromatic heterocycles. The molecule has 1 aliphatic carbocycles. The van der Waals surface area contributed by atoms with Gasteiger partial charge in [-0.15, -0.1) is 0 Å².